The van der Waals surface area contributed by atoms with E-state index in [2.05, 4.69) is 21.6 Å². The van der Waals surface area contributed by atoms with E-state index >= 15 is 0 Å². The van der Waals surface area contributed by atoms with Gasteiger partial charge in [-0.15, -0.1) is 11.3 Å². The summed E-state index contributed by atoms with van der Waals surface area (Å²) >= 11 is 1.46. The van der Waals surface area contributed by atoms with Crippen LogP contribution in [0.15, 0.2) is 52.8 Å². The second-order valence-electron chi connectivity index (χ2n) is 6.40. The summed E-state index contributed by atoms with van der Waals surface area (Å²) in [4.78, 5) is 15.4. The number of nitrogens with zero attached hydrogens (tertiary/aromatic N) is 4. The highest BCUT2D eigenvalue weighted by Gasteiger charge is 2.24. The van der Waals surface area contributed by atoms with Crippen LogP contribution >= 0.6 is 11.3 Å². The summed E-state index contributed by atoms with van der Waals surface area (Å²) < 4.78 is 0. The second-order valence-corrected chi connectivity index (χ2v) is 7.23. The summed E-state index contributed by atoms with van der Waals surface area (Å²) in [5.41, 5.74) is 2.70. The molecule has 1 N–H and O–H groups in total. The van der Waals surface area contributed by atoms with Crippen molar-refractivity contribution in [2.45, 2.75) is 18.8 Å². The van der Waals surface area contributed by atoms with Gasteiger partial charge in [0.2, 0.25) is 5.13 Å². The average Bonchev–Trinajstić information content (AvgIpc) is 3.18. The molecular weight excluding hydrogens is 344 g/mol. The number of thiazole rings is 1. The third kappa shape index (κ3) is 3.32. The lowest BCUT2D eigenvalue weighted by Crippen LogP contribution is -2.35. The van der Waals surface area contributed by atoms with Crippen molar-refractivity contribution in [1.82, 2.24) is 9.97 Å². The summed E-state index contributed by atoms with van der Waals surface area (Å²) in [5, 5.41) is 12.8. The Balaban J connectivity index is 1.58. The zero-order chi connectivity index (χ0) is 17.9. The first-order valence-electron chi connectivity index (χ1n) is 8.67. The van der Waals surface area contributed by atoms with E-state index in [1.54, 1.807) is 6.07 Å². The van der Waals surface area contributed by atoms with Crippen molar-refractivity contribution in [1.29, 1.82) is 0 Å². The minimum atomic E-state index is 0.311. The van der Waals surface area contributed by atoms with Crippen LogP contribution in [0.5, 0.6) is 5.75 Å². The van der Waals surface area contributed by atoms with Gasteiger partial charge in [-0.3, -0.25) is 0 Å². The van der Waals surface area contributed by atoms with Gasteiger partial charge in [0.1, 0.15) is 17.3 Å². The number of phenolic OH excluding ortho intramolecular Hbond substituents is 1. The molecule has 4 rings (SSSR count). The largest absolute Gasteiger partial charge is 0.508 e. The molecule has 1 aliphatic heterocycles. The number of aromatic nitrogens is 2. The van der Waals surface area contributed by atoms with Gasteiger partial charge in [0.15, 0.2) is 0 Å². The van der Waals surface area contributed by atoms with Gasteiger partial charge in [0.05, 0.1) is 5.69 Å². The van der Waals surface area contributed by atoms with Crippen LogP contribution in [0.4, 0.5) is 10.9 Å². The first kappa shape index (κ1) is 16.7. The van der Waals surface area contributed by atoms with Crippen LogP contribution in [0.1, 0.15) is 24.3 Å². The number of anilines is 1. The molecule has 2 aromatic heterocycles. The SMILES string of the molecule is C=Nc1nc(-c2cccc(N3CCCC(c4ccccc4O)C3)n2)cs1. The number of piperidine rings is 1. The Kier molecular flexibility index (Phi) is 4.67. The van der Waals surface area contributed by atoms with E-state index in [1.165, 1.54) is 11.3 Å². The van der Waals surface area contributed by atoms with E-state index in [0.29, 0.717) is 16.8 Å². The molecule has 26 heavy (non-hydrogen) atoms. The van der Waals surface area contributed by atoms with Gasteiger partial charge in [-0.1, -0.05) is 24.3 Å². The van der Waals surface area contributed by atoms with Crippen LogP contribution in [0, 0.1) is 0 Å². The maximum Gasteiger partial charge on any atom is 0.209 e. The van der Waals surface area contributed by atoms with E-state index in [4.69, 9.17) is 4.98 Å². The minimum absolute atomic E-state index is 0.311. The normalized spacial score (nSPS) is 17.2. The Hall–Kier alpha value is -2.73. The Morgan fingerprint density at radius 2 is 2.00 bits per heavy atom. The van der Waals surface area contributed by atoms with Crippen LogP contribution in [0.25, 0.3) is 11.4 Å². The topological polar surface area (TPSA) is 61.6 Å². The van der Waals surface area contributed by atoms with Crippen molar-refractivity contribution in [3.05, 3.63) is 53.4 Å². The molecular formula is C20H20N4OS. The monoisotopic (exact) mass is 364 g/mol. The molecule has 5 nitrogen and oxygen atoms in total. The molecule has 0 amide bonds. The fourth-order valence-electron chi connectivity index (χ4n) is 3.47. The number of aliphatic imine (C=N–C) groups is 1. The second kappa shape index (κ2) is 7.25. The van der Waals surface area contributed by atoms with Gasteiger partial charge in [0.25, 0.3) is 0 Å². The molecule has 0 spiro atoms. The van der Waals surface area contributed by atoms with Crippen LogP contribution in [-0.2, 0) is 0 Å². The number of rotatable bonds is 4. The lowest BCUT2D eigenvalue weighted by Gasteiger charge is -2.34. The third-order valence-corrected chi connectivity index (χ3v) is 5.52. The molecule has 1 atom stereocenters. The molecule has 0 radical (unpaired) electrons. The fraction of sp³-hybridized carbons (Fsp3) is 0.250. The van der Waals surface area contributed by atoms with Crippen molar-refractivity contribution in [3.63, 3.8) is 0 Å². The van der Waals surface area contributed by atoms with Gasteiger partial charge < -0.3 is 10.0 Å². The van der Waals surface area contributed by atoms with Crippen molar-refractivity contribution in [2.24, 2.45) is 4.99 Å². The van der Waals surface area contributed by atoms with E-state index in [1.807, 2.05) is 41.8 Å². The molecule has 1 saturated heterocycles. The zero-order valence-electron chi connectivity index (χ0n) is 14.4. The van der Waals surface area contributed by atoms with Gasteiger partial charge in [-0.05, 0) is 43.3 Å². The van der Waals surface area contributed by atoms with E-state index in [9.17, 15) is 5.11 Å². The highest BCUT2D eigenvalue weighted by Crippen LogP contribution is 2.34. The lowest BCUT2D eigenvalue weighted by molar-refractivity contribution is 0.443. The van der Waals surface area contributed by atoms with Crippen molar-refractivity contribution < 1.29 is 5.11 Å². The van der Waals surface area contributed by atoms with Crippen molar-refractivity contribution in [3.8, 4) is 17.1 Å². The fourth-order valence-corrected chi connectivity index (χ4v) is 4.08. The minimum Gasteiger partial charge on any atom is -0.508 e. The molecule has 1 fully saturated rings. The number of hydrogen-bond donors (Lipinski definition) is 1. The number of hydrogen-bond acceptors (Lipinski definition) is 6. The molecule has 1 aliphatic rings. The molecule has 6 heteroatoms. The lowest BCUT2D eigenvalue weighted by atomic mass is 9.90. The summed E-state index contributed by atoms with van der Waals surface area (Å²) in [6.07, 6.45) is 2.15. The standard InChI is InChI=1S/C20H20N4OS/c1-21-20-23-17(13-26-20)16-8-4-10-19(22-16)24-11-5-6-14(12-24)15-7-2-3-9-18(15)25/h2-4,7-10,13-14,25H,1,5-6,11-12H2. The Labute approximate surface area is 156 Å². The summed E-state index contributed by atoms with van der Waals surface area (Å²) in [6.45, 7) is 5.34. The van der Waals surface area contributed by atoms with E-state index in [0.717, 1.165) is 48.7 Å². The maximum atomic E-state index is 10.2. The Morgan fingerprint density at radius 3 is 2.81 bits per heavy atom. The van der Waals surface area contributed by atoms with Gasteiger partial charge >= 0.3 is 0 Å². The Morgan fingerprint density at radius 1 is 1.12 bits per heavy atom. The number of pyridine rings is 1. The first-order valence-corrected chi connectivity index (χ1v) is 9.55. The Bertz CT molecular complexity index is 923. The number of phenols is 1. The van der Waals surface area contributed by atoms with Crippen LogP contribution in [0.2, 0.25) is 0 Å². The van der Waals surface area contributed by atoms with Crippen molar-refractivity contribution >= 4 is 29.0 Å². The molecule has 3 aromatic rings. The van der Waals surface area contributed by atoms with Gasteiger partial charge in [-0.2, -0.15) is 0 Å². The van der Waals surface area contributed by atoms with Crippen molar-refractivity contribution in [2.75, 3.05) is 18.0 Å². The predicted octanol–water partition coefficient (Wildman–Crippen LogP) is 4.63. The highest BCUT2D eigenvalue weighted by molar-refractivity contribution is 7.13. The van der Waals surface area contributed by atoms with Gasteiger partial charge in [0, 0.05) is 24.4 Å². The quantitative estimate of drug-likeness (QED) is 0.686. The summed E-state index contributed by atoms with van der Waals surface area (Å²) in [6, 6.07) is 13.7. The van der Waals surface area contributed by atoms with E-state index in [-0.39, 0.29) is 0 Å². The zero-order valence-corrected chi connectivity index (χ0v) is 15.2. The third-order valence-electron chi connectivity index (χ3n) is 4.75. The van der Waals surface area contributed by atoms with Crippen LogP contribution < -0.4 is 4.90 Å². The summed E-state index contributed by atoms with van der Waals surface area (Å²) in [7, 11) is 0. The highest BCUT2D eigenvalue weighted by atomic mass is 32.1. The van der Waals surface area contributed by atoms with Crippen LogP contribution in [-0.4, -0.2) is 34.9 Å². The number of benzene rings is 1. The maximum absolute atomic E-state index is 10.2. The number of aromatic hydroxyl groups is 1. The molecule has 1 aromatic carbocycles. The molecule has 132 valence electrons. The van der Waals surface area contributed by atoms with Crippen LogP contribution in [0.3, 0.4) is 0 Å². The molecule has 0 saturated carbocycles. The average molecular weight is 364 g/mol. The molecule has 3 heterocycles. The first-order chi connectivity index (χ1) is 12.7. The molecule has 0 aliphatic carbocycles. The number of para-hydroxylation sites is 1. The van der Waals surface area contributed by atoms with E-state index < -0.39 is 0 Å². The molecule has 1 unspecified atom stereocenters. The summed E-state index contributed by atoms with van der Waals surface area (Å²) in [5.74, 6) is 1.64. The molecule has 0 bridgehead atoms. The smallest absolute Gasteiger partial charge is 0.209 e. The predicted molar refractivity (Wildman–Crippen MR) is 107 cm³/mol. The van der Waals surface area contributed by atoms with Gasteiger partial charge in [-0.25, -0.2) is 15.0 Å².